The number of rotatable bonds is 3. The average molecular weight is 258 g/mol. The van der Waals surface area contributed by atoms with Gasteiger partial charge in [0.05, 0.1) is 12.5 Å². The van der Waals surface area contributed by atoms with Crippen molar-refractivity contribution in [3.8, 4) is 0 Å². The molecule has 0 bridgehead atoms. The van der Waals surface area contributed by atoms with Gasteiger partial charge in [0.15, 0.2) is 0 Å². The Labute approximate surface area is 119 Å². The molecule has 1 heterocycles. The molecule has 0 atom stereocenters. The molecule has 0 aliphatic heterocycles. The van der Waals surface area contributed by atoms with E-state index in [0.717, 1.165) is 0 Å². The molecule has 0 unspecified atom stereocenters. The standard InChI is InChI=1S/C7H7Cl2N3O2.Na/c1-12(3-6(13)14)7-10-4(8)2-5(9)11-7;/h2H,3H2,1H3,(H,13,14);/q;+1/p-1. The Hall–Kier alpha value is -0.0700. The molecule has 0 aliphatic rings. The van der Waals surface area contributed by atoms with Gasteiger partial charge in [0.2, 0.25) is 5.95 Å². The van der Waals surface area contributed by atoms with Gasteiger partial charge in [-0.05, 0) is 0 Å². The molecule has 0 saturated carbocycles. The minimum absolute atomic E-state index is 0. The first-order valence-electron chi connectivity index (χ1n) is 3.60. The van der Waals surface area contributed by atoms with E-state index < -0.39 is 5.97 Å². The summed E-state index contributed by atoms with van der Waals surface area (Å²) in [4.78, 5) is 19.1. The van der Waals surface area contributed by atoms with E-state index in [1.165, 1.54) is 18.0 Å². The number of aromatic nitrogens is 2. The van der Waals surface area contributed by atoms with Crippen LogP contribution < -0.4 is 39.6 Å². The molecule has 76 valence electrons. The van der Waals surface area contributed by atoms with Crippen LogP contribution in [0.3, 0.4) is 0 Å². The number of hydrogen-bond donors (Lipinski definition) is 0. The molecule has 0 spiro atoms. The van der Waals surface area contributed by atoms with Gasteiger partial charge < -0.3 is 14.8 Å². The molecule has 0 N–H and O–H groups in total. The van der Waals surface area contributed by atoms with Crippen molar-refractivity contribution in [2.45, 2.75) is 0 Å². The molecular weight excluding hydrogens is 252 g/mol. The Morgan fingerprint density at radius 3 is 2.33 bits per heavy atom. The minimum atomic E-state index is -1.23. The van der Waals surface area contributed by atoms with Crippen LogP contribution in [0.4, 0.5) is 5.95 Å². The van der Waals surface area contributed by atoms with Crippen LogP contribution in [-0.2, 0) is 4.79 Å². The number of carboxylic acid groups (broad SMARTS) is 1. The van der Waals surface area contributed by atoms with Gasteiger partial charge in [-0.25, -0.2) is 9.97 Å². The smallest absolute Gasteiger partial charge is 0.548 e. The van der Waals surface area contributed by atoms with Crippen molar-refractivity contribution in [3.63, 3.8) is 0 Å². The van der Waals surface area contributed by atoms with Gasteiger partial charge in [0, 0.05) is 13.1 Å². The maximum atomic E-state index is 10.3. The summed E-state index contributed by atoms with van der Waals surface area (Å²) in [5.74, 6) is -1.08. The molecule has 0 fully saturated rings. The summed E-state index contributed by atoms with van der Waals surface area (Å²) in [6.07, 6.45) is 0. The molecule has 1 aromatic heterocycles. The van der Waals surface area contributed by atoms with E-state index in [-0.39, 0.29) is 52.4 Å². The fourth-order valence-corrected chi connectivity index (χ4v) is 1.23. The fraction of sp³-hybridized carbons (Fsp3) is 0.286. The van der Waals surface area contributed by atoms with E-state index in [4.69, 9.17) is 23.2 Å². The fourth-order valence-electron chi connectivity index (χ4n) is 0.814. The van der Waals surface area contributed by atoms with Crippen LogP contribution in [0.15, 0.2) is 6.07 Å². The maximum absolute atomic E-state index is 10.3. The number of anilines is 1. The minimum Gasteiger partial charge on any atom is -0.548 e. The molecule has 0 radical (unpaired) electrons. The quantitative estimate of drug-likeness (QED) is 0.426. The molecule has 0 amide bonds. The van der Waals surface area contributed by atoms with E-state index in [2.05, 4.69) is 9.97 Å². The molecule has 0 aliphatic carbocycles. The average Bonchev–Trinajstić information content (AvgIpc) is 2.00. The second-order valence-corrected chi connectivity index (χ2v) is 3.32. The summed E-state index contributed by atoms with van der Waals surface area (Å²) in [6, 6.07) is 1.36. The number of halogens is 2. The number of carbonyl (C=O) groups is 1. The third kappa shape index (κ3) is 4.99. The van der Waals surface area contributed by atoms with Gasteiger partial charge in [-0.1, -0.05) is 23.2 Å². The molecular formula is C7H6Cl2N3NaO2. The van der Waals surface area contributed by atoms with E-state index in [9.17, 15) is 9.90 Å². The molecule has 0 saturated heterocycles. The number of likely N-dealkylation sites (N-methyl/N-ethyl adjacent to an activating group) is 1. The zero-order chi connectivity index (χ0) is 10.7. The molecule has 1 aromatic rings. The van der Waals surface area contributed by atoms with Crippen LogP contribution in [0, 0.1) is 0 Å². The summed E-state index contributed by atoms with van der Waals surface area (Å²) in [5.41, 5.74) is 0. The maximum Gasteiger partial charge on any atom is 1.00 e. The number of nitrogens with zero attached hydrogens (tertiary/aromatic N) is 3. The van der Waals surface area contributed by atoms with E-state index in [0.29, 0.717) is 0 Å². The first kappa shape index (κ1) is 14.9. The first-order valence-corrected chi connectivity index (χ1v) is 4.35. The predicted molar refractivity (Wildman–Crippen MR) is 50.3 cm³/mol. The summed E-state index contributed by atoms with van der Waals surface area (Å²) in [6.45, 7) is -0.323. The molecule has 0 aromatic carbocycles. The van der Waals surface area contributed by atoms with E-state index >= 15 is 0 Å². The number of hydrogen-bond acceptors (Lipinski definition) is 5. The van der Waals surface area contributed by atoms with Crippen molar-refractivity contribution in [1.82, 2.24) is 9.97 Å². The van der Waals surface area contributed by atoms with Crippen molar-refractivity contribution in [2.24, 2.45) is 0 Å². The second-order valence-electron chi connectivity index (χ2n) is 2.54. The Morgan fingerprint density at radius 2 is 1.93 bits per heavy atom. The topological polar surface area (TPSA) is 69.2 Å². The molecule has 15 heavy (non-hydrogen) atoms. The van der Waals surface area contributed by atoms with Crippen molar-refractivity contribution in [2.75, 3.05) is 18.5 Å². The largest absolute Gasteiger partial charge is 1.00 e. The third-order valence-electron chi connectivity index (χ3n) is 1.36. The van der Waals surface area contributed by atoms with Crippen LogP contribution in [-0.4, -0.2) is 29.5 Å². The van der Waals surface area contributed by atoms with Crippen LogP contribution in [0.5, 0.6) is 0 Å². The summed E-state index contributed by atoms with van der Waals surface area (Å²) >= 11 is 11.2. The number of carbonyl (C=O) groups excluding carboxylic acids is 1. The Bertz CT molecular complexity index is 344. The Balaban J connectivity index is 0.00000196. The molecule has 1 rings (SSSR count). The van der Waals surface area contributed by atoms with Crippen LogP contribution in [0.2, 0.25) is 10.3 Å². The van der Waals surface area contributed by atoms with Gasteiger partial charge in [-0.15, -0.1) is 0 Å². The predicted octanol–water partition coefficient (Wildman–Crippen LogP) is -3.03. The summed E-state index contributed by atoms with van der Waals surface area (Å²) in [7, 11) is 1.50. The number of carboxylic acids is 1. The van der Waals surface area contributed by atoms with Crippen molar-refractivity contribution < 1.29 is 39.5 Å². The Kier molecular flexibility index (Phi) is 6.47. The third-order valence-corrected chi connectivity index (χ3v) is 1.75. The van der Waals surface area contributed by atoms with Crippen molar-refractivity contribution in [3.05, 3.63) is 16.4 Å². The normalized spacial score (nSPS) is 9.27. The summed E-state index contributed by atoms with van der Waals surface area (Å²) in [5, 5.41) is 10.6. The number of aliphatic carboxylic acids is 1. The SMILES string of the molecule is CN(CC(=O)[O-])c1nc(Cl)cc(Cl)n1.[Na+]. The van der Waals surface area contributed by atoms with Gasteiger partial charge in [-0.2, -0.15) is 0 Å². The van der Waals surface area contributed by atoms with Crippen LogP contribution >= 0.6 is 23.2 Å². The van der Waals surface area contributed by atoms with Crippen LogP contribution in [0.1, 0.15) is 0 Å². The van der Waals surface area contributed by atoms with Gasteiger partial charge in [0.1, 0.15) is 10.3 Å². The van der Waals surface area contributed by atoms with Crippen molar-refractivity contribution >= 4 is 35.1 Å². The molecule has 5 nitrogen and oxygen atoms in total. The van der Waals surface area contributed by atoms with Crippen LogP contribution in [0.25, 0.3) is 0 Å². The van der Waals surface area contributed by atoms with E-state index in [1.54, 1.807) is 0 Å². The van der Waals surface area contributed by atoms with Gasteiger partial charge >= 0.3 is 29.6 Å². The monoisotopic (exact) mass is 257 g/mol. The summed E-state index contributed by atoms with van der Waals surface area (Å²) < 4.78 is 0. The van der Waals surface area contributed by atoms with Gasteiger partial charge in [-0.3, -0.25) is 0 Å². The van der Waals surface area contributed by atoms with E-state index in [1.807, 2.05) is 0 Å². The van der Waals surface area contributed by atoms with Crippen molar-refractivity contribution in [1.29, 1.82) is 0 Å². The second kappa shape index (κ2) is 6.50. The molecule has 8 heteroatoms. The Morgan fingerprint density at radius 1 is 1.47 bits per heavy atom. The zero-order valence-electron chi connectivity index (χ0n) is 8.20. The van der Waals surface area contributed by atoms with Gasteiger partial charge in [0.25, 0.3) is 0 Å². The first-order chi connectivity index (χ1) is 6.49. The zero-order valence-corrected chi connectivity index (χ0v) is 11.7.